The van der Waals surface area contributed by atoms with Gasteiger partial charge in [0.1, 0.15) is 24.9 Å². The average molecular weight is 453 g/mol. The van der Waals surface area contributed by atoms with Crippen molar-refractivity contribution in [1.29, 1.82) is 0 Å². The molecule has 0 saturated carbocycles. The van der Waals surface area contributed by atoms with E-state index in [1.807, 2.05) is 0 Å². The topological polar surface area (TPSA) is 95.9 Å². The van der Waals surface area contributed by atoms with Crippen molar-refractivity contribution in [2.24, 2.45) is 5.10 Å². The lowest BCUT2D eigenvalue weighted by molar-refractivity contribution is -0.141. The minimum atomic E-state index is -0.551. The first-order chi connectivity index (χ1) is 14.9. The van der Waals surface area contributed by atoms with Crippen molar-refractivity contribution in [3.63, 3.8) is 0 Å². The molecule has 0 spiro atoms. The molecule has 0 unspecified atom stereocenters. The highest BCUT2D eigenvalue weighted by Gasteiger charge is 2.33. The van der Waals surface area contributed by atoms with E-state index in [0.29, 0.717) is 37.6 Å². The van der Waals surface area contributed by atoms with E-state index in [9.17, 15) is 14.0 Å². The van der Waals surface area contributed by atoms with Gasteiger partial charge in [0.2, 0.25) is 0 Å². The summed E-state index contributed by atoms with van der Waals surface area (Å²) in [6.07, 6.45) is 0.542. The van der Waals surface area contributed by atoms with E-state index in [1.165, 1.54) is 31.3 Å². The normalized spacial score (nSPS) is 18.1. The van der Waals surface area contributed by atoms with Crippen molar-refractivity contribution in [2.45, 2.75) is 13.0 Å². The first kappa shape index (κ1) is 22.5. The SMILES string of the molecule is COC(=S)NC[C@H]1CN(c2ccc(N3C=NN(CCOC(C)=O)CC3)c(F)c2)C(=O)O1. The molecule has 0 aliphatic carbocycles. The highest BCUT2D eigenvalue weighted by molar-refractivity contribution is 7.80. The molecule has 31 heavy (non-hydrogen) atoms. The van der Waals surface area contributed by atoms with Crippen LogP contribution in [0, 0.1) is 5.82 Å². The molecule has 10 nitrogen and oxygen atoms in total. The Labute approximate surface area is 184 Å². The molecule has 2 aliphatic rings. The standard InChI is InChI=1S/C19H24FN5O5S/c1-13(26)29-8-7-24-6-5-23(12-22-24)17-4-3-14(9-16(17)20)25-11-15(30-19(25)27)10-21-18(31)28-2/h3-4,9,12,15H,5-8,10-11H2,1-2H3,(H,21,31)/t15-/m0/s1. The van der Waals surface area contributed by atoms with Crippen LogP contribution in [-0.4, -0.2) is 81.1 Å². The zero-order valence-corrected chi connectivity index (χ0v) is 18.1. The van der Waals surface area contributed by atoms with Crippen LogP contribution in [-0.2, 0) is 19.0 Å². The van der Waals surface area contributed by atoms with Crippen LogP contribution in [0.3, 0.4) is 0 Å². The van der Waals surface area contributed by atoms with Crippen LogP contribution >= 0.6 is 12.2 Å². The number of thiocarbonyl (C=S) groups is 1. The zero-order valence-electron chi connectivity index (χ0n) is 17.2. The Morgan fingerprint density at radius 2 is 2.23 bits per heavy atom. The first-order valence-electron chi connectivity index (χ1n) is 9.66. The summed E-state index contributed by atoms with van der Waals surface area (Å²) < 4.78 is 29.8. The van der Waals surface area contributed by atoms with E-state index in [-0.39, 0.29) is 24.3 Å². The maximum absolute atomic E-state index is 14.8. The third kappa shape index (κ3) is 5.94. The van der Waals surface area contributed by atoms with Crippen LogP contribution in [0.2, 0.25) is 0 Å². The molecule has 0 bridgehead atoms. The summed E-state index contributed by atoms with van der Waals surface area (Å²) >= 11 is 4.90. The predicted molar refractivity (Wildman–Crippen MR) is 116 cm³/mol. The number of methoxy groups -OCH3 is 1. The molecule has 3 rings (SSSR count). The Hall–Kier alpha value is -3.15. The van der Waals surface area contributed by atoms with Crippen molar-refractivity contribution < 1.29 is 28.2 Å². The molecule has 1 N–H and O–H groups in total. The minimum Gasteiger partial charge on any atom is -0.474 e. The quantitative estimate of drug-likeness (QED) is 0.484. The number of nitrogens with one attached hydrogen (secondary N) is 1. The smallest absolute Gasteiger partial charge is 0.414 e. The molecule has 168 valence electrons. The molecule has 2 aliphatic heterocycles. The molecule has 1 atom stereocenters. The van der Waals surface area contributed by atoms with E-state index >= 15 is 0 Å². The van der Waals surface area contributed by atoms with Crippen LogP contribution in [0.1, 0.15) is 6.92 Å². The molecule has 0 aromatic heterocycles. The second-order valence-electron chi connectivity index (χ2n) is 6.84. The second-order valence-corrected chi connectivity index (χ2v) is 7.21. The fourth-order valence-corrected chi connectivity index (χ4v) is 3.21. The highest BCUT2D eigenvalue weighted by Crippen LogP contribution is 2.28. The number of nitrogens with zero attached hydrogens (tertiary/aromatic N) is 4. The lowest BCUT2D eigenvalue weighted by atomic mass is 10.2. The van der Waals surface area contributed by atoms with E-state index in [4.69, 9.17) is 26.4 Å². The number of benzene rings is 1. The molecule has 2 heterocycles. The van der Waals surface area contributed by atoms with E-state index < -0.39 is 18.0 Å². The number of cyclic esters (lactones) is 1. The fraction of sp³-hybridized carbons (Fsp3) is 0.474. The van der Waals surface area contributed by atoms with Gasteiger partial charge >= 0.3 is 12.1 Å². The summed E-state index contributed by atoms with van der Waals surface area (Å²) in [4.78, 5) is 26.1. The Morgan fingerprint density at radius 1 is 1.42 bits per heavy atom. The summed E-state index contributed by atoms with van der Waals surface area (Å²) in [5.41, 5.74) is 0.753. The number of ether oxygens (including phenoxy) is 3. The van der Waals surface area contributed by atoms with Gasteiger partial charge in [0.25, 0.3) is 5.17 Å². The highest BCUT2D eigenvalue weighted by atomic mass is 32.1. The Bertz CT molecular complexity index is 870. The summed E-state index contributed by atoms with van der Waals surface area (Å²) in [6.45, 7) is 3.69. The van der Waals surface area contributed by atoms with Crippen LogP contribution in [0.5, 0.6) is 0 Å². The summed E-state index contributed by atoms with van der Waals surface area (Å²) in [5, 5.41) is 9.04. The fourth-order valence-electron chi connectivity index (χ4n) is 3.13. The Kier molecular flexibility index (Phi) is 7.45. The molecule has 1 amide bonds. The second kappa shape index (κ2) is 10.2. The van der Waals surface area contributed by atoms with Crippen LogP contribution in [0.4, 0.5) is 20.6 Å². The Balaban J connectivity index is 1.58. The largest absolute Gasteiger partial charge is 0.474 e. The Morgan fingerprint density at radius 3 is 2.87 bits per heavy atom. The van der Waals surface area contributed by atoms with Gasteiger partial charge in [0.15, 0.2) is 0 Å². The molecule has 1 fully saturated rings. The van der Waals surface area contributed by atoms with Gasteiger partial charge in [0.05, 0.1) is 44.7 Å². The number of hydrogen-bond donors (Lipinski definition) is 1. The van der Waals surface area contributed by atoms with Gasteiger partial charge < -0.3 is 24.4 Å². The summed E-state index contributed by atoms with van der Waals surface area (Å²) in [5.74, 6) is -0.820. The lowest BCUT2D eigenvalue weighted by Gasteiger charge is -2.30. The molecule has 1 aromatic carbocycles. The zero-order chi connectivity index (χ0) is 22.4. The van der Waals surface area contributed by atoms with Gasteiger partial charge in [0, 0.05) is 13.5 Å². The molecule has 12 heteroatoms. The number of hydrazone groups is 1. The molecule has 1 saturated heterocycles. The number of anilines is 2. The van der Waals surface area contributed by atoms with E-state index in [2.05, 4.69) is 10.4 Å². The minimum absolute atomic E-state index is 0.207. The number of carbonyl (C=O) groups is 2. The van der Waals surface area contributed by atoms with Gasteiger partial charge in [-0.3, -0.25) is 14.7 Å². The van der Waals surface area contributed by atoms with Crippen molar-refractivity contribution in [2.75, 3.05) is 56.2 Å². The average Bonchev–Trinajstić information content (AvgIpc) is 3.13. The molecule has 1 aromatic rings. The van der Waals surface area contributed by atoms with Crippen molar-refractivity contribution in [3.8, 4) is 0 Å². The summed E-state index contributed by atoms with van der Waals surface area (Å²) in [7, 11) is 1.44. The van der Waals surface area contributed by atoms with E-state index in [1.54, 1.807) is 22.0 Å². The van der Waals surface area contributed by atoms with Crippen LogP contribution in [0.15, 0.2) is 23.3 Å². The van der Waals surface area contributed by atoms with Gasteiger partial charge in [-0.25, -0.2) is 9.18 Å². The first-order valence-corrected chi connectivity index (χ1v) is 10.1. The number of hydrogen-bond acceptors (Lipinski definition) is 9. The van der Waals surface area contributed by atoms with Gasteiger partial charge in [-0.1, -0.05) is 0 Å². The van der Waals surface area contributed by atoms with Crippen molar-refractivity contribution in [1.82, 2.24) is 10.3 Å². The van der Waals surface area contributed by atoms with Crippen molar-refractivity contribution in [3.05, 3.63) is 24.0 Å². The lowest BCUT2D eigenvalue weighted by Crippen LogP contribution is -2.39. The van der Waals surface area contributed by atoms with Crippen LogP contribution in [0.25, 0.3) is 0 Å². The maximum Gasteiger partial charge on any atom is 0.414 e. The third-order valence-electron chi connectivity index (χ3n) is 4.69. The summed E-state index contributed by atoms with van der Waals surface area (Å²) in [6, 6.07) is 4.56. The monoisotopic (exact) mass is 453 g/mol. The number of carbonyl (C=O) groups excluding carboxylic acids is 2. The van der Waals surface area contributed by atoms with Gasteiger partial charge in [-0.2, -0.15) is 5.10 Å². The molecular formula is C19H24FN5O5S. The number of amides is 1. The maximum atomic E-state index is 14.8. The van der Waals surface area contributed by atoms with E-state index in [0.717, 1.165) is 0 Å². The third-order valence-corrected chi connectivity index (χ3v) is 5.00. The number of rotatable bonds is 7. The van der Waals surface area contributed by atoms with Gasteiger partial charge in [-0.15, -0.1) is 0 Å². The van der Waals surface area contributed by atoms with Crippen molar-refractivity contribution >= 4 is 47.2 Å². The predicted octanol–water partition coefficient (Wildman–Crippen LogP) is 1.30. The molecule has 0 radical (unpaired) electrons. The number of esters is 1. The van der Waals surface area contributed by atoms with Gasteiger partial charge in [-0.05, 0) is 30.4 Å². The number of halogens is 1. The molecular weight excluding hydrogens is 429 g/mol. The van der Waals surface area contributed by atoms with Crippen LogP contribution < -0.4 is 15.1 Å².